The zero-order chi connectivity index (χ0) is 10.1. The molecule has 1 N–H and O–H groups in total. The topological polar surface area (TPSA) is 55.4 Å². The SMILES string of the molecule is COC(=O)C1=C2C=CCC=C2NC1=O. The highest BCUT2D eigenvalue weighted by atomic mass is 16.5. The zero-order valence-corrected chi connectivity index (χ0v) is 7.66. The van der Waals surface area contributed by atoms with Gasteiger partial charge in [0.1, 0.15) is 5.57 Å². The predicted octanol–water partition coefficient (Wildman–Crippen LogP) is 0.430. The number of rotatable bonds is 1. The summed E-state index contributed by atoms with van der Waals surface area (Å²) in [6.45, 7) is 0. The van der Waals surface area contributed by atoms with Crippen molar-refractivity contribution < 1.29 is 14.3 Å². The number of amides is 1. The largest absolute Gasteiger partial charge is 0.465 e. The normalized spacial score (nSPS) is 18.9. The molecule has 2 aliphatic rings. The van der Waals surface area contributed by atoms with Gasteiger partial charge < -0.3 is 10.1 Å². The van der Waals surface area contributed by atoms with E-state index in [1.807, 2.05) is 12.2 Å². The molecule has 0 aromatic heterocycles. The molecular formula is C10H9NO3. The number of carbonyl (C=O) groups is 2. The molecule has 0 spiro atoms. The summed E-state index contributed by atoms with van der Waals surface area (Å²) < 4.78 is 4.53. The molecule has 1 amide bonds. The number of hydrogen-bond donors (Lipinski definition) is 1. The monoisotopic (exact) mass is 191 g/mol. The maximum atomic E-state index is 11.4. The van der Waals surface area contributed by atoms with Gasteiger partial charge in [0.25, 0.3) is 5.91 Å². The van der Waals surface area contributed by atoms with E-state index in [2.05, 4.69) is 10.1 Å². The summed E-state index contributed by atoms with van der Waals surface area (Å²) in [6, 6.07) is 0. The lowest BCUT2D eigenvalue weighted by atomic mass is 10.0. The van der Waals surface area contributed by atoms with Crippen molar-refractivity contribution in [2.45, 2.75) is 6.42 Å². The van der Waals surface area contributed by atoms with Crippen molar-refractivity contribution in [3.05, 3.63) is 35.1 Å². The Balaban J connectivity index is 2.49. The maximum absolute atomic E-state index is 11.4. The molecule has 0 aromatic carbocycles. The second-order valence-electron chi connectivity index (χ2n) is 2.99. The van der Waals surface area contributed by atoms with E-state index in [4.69, 9.17) is 0 Å². The van der Waals surface area contributed by atoms with Crippen molar-refractivity contribution in [2.75, 3.05) is 7.11 Å². The fraction of sp³-hybridized carbons (Fsp3) is 0.200. The van der Waals surface area contributed by atoms with Gasteiger partial charge in [0, 0.05) is 11.3 Å². The lowest BCUT2D eigenvalue weighted by Gasteiger charge is -2.04. The van der Waals surface area contributed by atoms with Gasteiger partial charge in [-0.15, -0.1) is 0 Å². The van der Waals surface area contributed by atoms with E-state index < -0.39 is 5.97 Å². The molecule has 0 fully saturated rings. The fourth-order valence-corrected chi connectivity index (χ4v) is 1.52. The van der Waals surface area contributed by atoms with Crippen LogP contribution >= 0.6 is 0 Å². The van der Waals surface area contributed by atoms with Crippen molar-refractivity contribution >= 4 is 11.9 Å². The first-order valence-electron chi connectivity index (χ1n) is 4.25. The Hall–Kier alpha value is -1.84. The molecule has 0 saturated carbocycles. The molecule has 0 atom stereocenters. The van der Waals surface area contributed by atoms with Crippen molar-refractivity contribution in [1.29, 1.82) is 0 Å². The quantitative estimate of drug-likeness (QED) is 0.483. The van der Waals surface area contributed by atoms with E-state index in [0.29, 0.717) is 11.3 Å². The number of methoxy groups -OCH3 is 1. The van der Waals surface area contributed by atoms with Gasteiger partial charge in [0.05, 0.1) is 7.11 Å². The standard InChI is InChI=1S/C10H9NO3/c1-14-10(13)8-6-4-2-3-5-7(6)11-9(8)12/h2,4-5H,3H2,1H3,(H,11,12). The van der Waals surface area contributed by atoms with Crippen LogP contribution in [0.2, 0.25) is 0 Å². The number of ether oxygens (including phenoxy) is 1. The van der Waals surface area contributed by atoms with E-state index in [1.54, 1.807) is 6.08 Å². The Kier molecular flexibility index (Phi) is 1.96. The minimum Gasteiger partial charge on any atom is -0.465 e. The van der Waals surface area contributed by atoms with Crippen LogP contribution in [0, 0.1) is 0 Å². The average Bonchev–Trinajstić information content (AvgIpc) is 2.53. The van der Waals surface area contributed by atoms with Crippen LogP contribution in [0.15, 0.2) is 35.1 Å². The van der Waals surface area contributed by atoms with E-state index in [-0.39, 0.29) is 11.5 Å². The number of hydrogen-bond acceptors (Lipinski definition) is 3. The highest BCUT2D eigenvalue weighted by Gasteiger charge is 2.31. The van der Waals surface area contributed by atoms with Gasteiger partial charge in [-0.2, -0.15) is 0 Å². The predicted molar refractivity (Wildman–Crippen MR) is 49.0 cm³/mol. The highest BCUT2D eigenvalue weighted by molar-refractivity contribution is 6.21. The minimum absolute atomic E-state index is 0.0923. The summed E-state index contributed by atoms with van der Waals surface area (Å²) in [5.74, 6) is -0.975. The molecule has 14 heavy (non-hydrogen) atoms. The molecule has 4 nitrogen and oxygen atoms in total. The highest BCUT2D eigenvalue weighted by Crippen LogP contribution is 2.26. The third-order valence-corrected chi connectivity index (χ3v) is 2.17. The lowest BCUT2D eigenvalue weighted by molar-refractivity contribution is -0.137. The van der Waals surface area contributed by atoms with Crippen LogP contribution in [0.25, 0.3) is 0 Å². The Morgan fingerprint density at radius 2 is 2.36 bits per heavy atom. The van der Waals surface area contributed by atoms with Gasteiger partial charge in [-0.05, 0) is 6.42 Å². The molecule has 4 heteroatoms. The Morgan fingerprint density at radius 3 is 3.07 bits per heavy atom. The van der Waals surface area contributed by atoms with Crippen LogP contribution in [0.5, 0.6) is 0 Å². The van der Waals surface area contributed by atoms with Crippen molar-refractivity contribution in [3.63, 3.8) is 0 Å². The molecule has 0 radical (unpaired) electrons. The fourth-order valence-electron chi connectivity index (χ4n) is 1.52. The smallest absolute Gasteiger partial charge is 0.344 e. The summed E-state index contributed by atoms with van der Waals surface area (Å²) in [7, 11) is 1.26. The molecule has 1 aliphatic heterocycles. The van der Waals surface area contributed by atoms with E-state index in [1.165, 1.54) is 7.11 Å². The van der Waals surface area contributed by atoms with Gasteiger partial charge in [-0.1, -0.05) is 18.2 Å². The third-order valence-electron chi connectivity index (χ3n) is 2.17. The Morgan fingerprint density at radius 1 is 1.57 bits per heavy atom. The number of allylic oxidation sites excluding steroid dienone is 3. The number of carbonyl (C=O) groups excluding carboxylic acids is 2. The van der Waals surface area contributed by atoms with E-state index in [0.717, 1.165) is 6.42 Å². The molecule has 1 heterocycles. The first-order chi connectivity index (χ1) is 6.74. The molecule has 0 aromatic rings. The summed E-state index contributed by atoms with van der Waals surface area (Å²) in [6.07, 6.45) is 6.29. The first kappa shape index (κ1) is 8.74. The molecule has 1 aliphatic carbocycles. The molecule has 0 unspecified atom stereocenters. The van der Waals surface area contributed by atoms with Crippen LogP contribution in [-0.4, -0.2) is 19.0 Å². The van der Waals surface area contributed by atoms with Crippen LogP contribution in [-0.2, 0) is 14.3 Å². The summed E-state index contributed by atoms with van der Waals surface area (Å²) in [5.41, 5.74) is 1.43. The number of fused-ring (bicyclic) bond motifs is 1. The van der Waals surface area contributed by atoms with E-state index in [9.17, 15) is 9.59 Å². The zero-order valence-electron chi connectivity index (χ0n) is 7.66. The minimum atomic E-state index is -0.590. The van der Waals surface area contributed by atoms with Crippen LogP contribution in [0.1, 0.15) is 6.42 Å². The summed E-state index contributed by atoms with van der Waals surface area (Å²) in [4.78, 5) is 22.7. The molecule has 0 saturated heterocycles. The van der Waals surface area contributed by atoms with Crippen LogP contribution in [0.3, 0.4) is 0 Å². The lowest BCUT2D eigenvalue weighted by Crippen LogP contribution is -2.20. The Bertz CT molecular complexity index is 402. The molecular weight excluding hydrogens is 182 g/mol. The van der Waals surface area contributed by atoms with Crippen molar-refractivity contribution in [1.82, 2.24) is 5.32 Å². The molecule has 72 valence electrons. The number of esters is 1. The Labute approximate surface area is 80.9 Å². The van der Waals surface area contributed by atoms with Gasteiger partial charge in [-0.25, -0.2) is 4.79 Å². The van der Waals surface area contributed by atoms with Crippen LogP contribution < -0.4 is 5.32 Å². The molecule has 0 bridgehead atoms. The number of nitrogens with one attached hydrogen (secondary N) is 1. The maximum Gasteiger partial charge on any atom is 0.344 e. The second kappa shape index (κ2) is 3.14. The van der Waals surface area contributed by atoms with Crippen LogP contribution in [0.4, 0.5) is 0 Å². The van der Waals surface area contributed by atoms with E-state index >= 15 is 0 Å². The van der Waals surface area contributed by atoms with Gasteiger partial charge in [0.15, 0.2) is 0 Å². The first-order valence-corrected chi connectivity index (χ1v) is 4.25. The van der Waals surface area contributed by atoms with Gasteiger partial charge >= 0.3 is 5.97 Å². The van der Waals surface area contributed by atoms with Crippen molar-refractivity contribution in [2.24, 2.45) is 0 Å². The molecule has 2 rings (SSSR count). The van der Waals surface area contributed by atoms with Crippen molar-refractivity contribution in [3.8, 4) is 0 Å². The van der Waals surface area contributed by atoms with Gasteiger partial charge in [-0.3, -0.25) is 4.79 Å². The third kappa shape index (κ3) is 1.16. The summed E-state index contributed by atoms with van der Waals surface area (Å²) >= 11 is 0. The summed E-state index contributed by atoms with van der Waals surface area (Å²) in [5, 5.41) is 2.62. The van der Waals surface area contributed by atoms with Gasteiger partial charge in [0.2, 0.25) is 0 Å². The average molecular weight is 191 g/mol. The second-order valence-corrected chi connectivity index (χ2v) is 2.99.